The van der Waals surface area contributed by atoms with Crippen LogP contribution in [0.1, 0.15) is 31.9 Å². The number of hydrogen-bond acceptors (Lipinski definition) is 4. The molecule has 1 N–H and O–H groups in total. The van der Waals surface area contributed by atoms with Gasteiger partial charge in [-0.1, -0.05) is 26.0 Å². The van der Waals surface area contributed by atoms with Crippen molar-refractivity contribution in [3.8, 4) is 11.5 Å². The molecule has 0 fully saturated rings. The van der Waals surface area contributed by atoms with E-state index in [9.17, 15) is 8.42 Å². The molecular weight excluding hydrogens is 418 g/mol. The van der Waals surface area contributed by atoms with Crippen molar-refractivity contribution in [1.82, 2.24) is 4.72 Å². The maximum Gasteiger partial charge on any atom is 0.241 e. The van der Waals surface area contributed by atoms with Gasteiger partial charge < -0.3 is 9.47 Å². The molecular formula is C19H24BrNO4S. The Balaban J connectivity index is 2.32. The highest BCUT2D eigenvalue weighted by atomic mass is 79.9. The monoisotopic (exact) mass is 441 g/mol. The molecule has 0 aliphatic heterocycles. The Bertz CT molecular complexity index is 835. The topological polar surface area (TPSA) is 64.6 Å². The zero-order valence-corrected chi connectivity index (χ0v) is 17.7. The normalized spacial score (nSPS) is 12.8. The summed E-state index contributed by atoms with van der Waals surface area (Å²) < 4.78 is 39.5. The lowest BCUT2D eigenvalue weighted by Crippen LogP contribution is -2.29. The molecule has 1 atom stereocenters. The fourth-order valence-electron chi connectivity index (χ4n) is 2.63. The fourth-order valence-corrected chi connectivity index (χ4v) is 4.58. The molecule has 7 heteroatoms. The van der Waals surface area contributed by atoms with Gasteiger partial charge >= 0.3 is 0 Å². The van der Waals surface area contributed by atoms with E-state index >= 15 is 0 Å². The van der Waals surface area contributed by atoms with Crippen LogP contribution in [0, 0.1) is 5.92 Å². The molecule has 0 saturated heterocycles. The van der Waals surface area contributed by atoms with E-state index in [4.69, 9.17) is 9.47 Å². The van der Waals surface area contributed by atoms with Crippen molar-refractivity contribution in [2.24, 2.45) is 5.92 Å². The van der Waals surface area contributed by atoms with E-state index < -0.39 is 10.0 Å². The van der Waals surface area contributed by atoms with Crippen LogP contribution in [0.25, 0.3) is 0 Å². The van der Waals surface area contributed by atoms with E-state index in [1.807, 2.05) is 24.3 Å². The summed E-state index contributed by atoms with van der Waals surface area (Å²) in [6.07, 6.45) is 0.683. The molecule has 2 aromatic carbocycles. The second-order valence-electron chi connectivity index (χ2n) is 6.37. The summed E-state index contributed by atoms with van der Waals surface area (Å²) in [4.78, 5) is 0.187. The van der Waals surface area contributed by atoms with Gasteiger partial charge in [-0.25, -0.2) is 13.1 Å². The Morgan fingerprint density at radius 1 is 1.04 bits per heavy atom. The summed E-state index contributed by atoms with van der Waals surface area (Å²) in [5, 5.41) is 0. The lowest BCUT2D eigenvalue weighted by molar-refractivity contribution is 0.411. The van der Waals surface area contributed by atoms with Crippen LogP contribution in [0.5, 0.6) is 11.5 Å². The number of halogens is 1. The van der Waals surface area contributed by atoms with E-state index in [0.29, 0.717) is 22.6 Å². The Morgan fingerprint density at radius 2 is 1.69 bits per heavy atom. The molecule has 0 spiro atoms. The van der Waals surface area contributed by atoms with Crippen molar-refractivity contribution in [2.75, 3.05) is 14.2 Å². The maximum absolute atomic E-state index is 12.9. The molecule has 0 saturated carbocycles. The molecule has 0 unspecified atom stereocenters. The van der Waals surface area contributed by atoms with Gasteiger partial charge in [-0.3, -0.25) is 0 Å². The van der Waals surface area contributed by atoms with E-state index in [1.54, 1.807) is 19.2 Å². The van der Waals surface area contributed by atoms with Crippen LogP contribution in [0.4, 0.5) is 0 Å². The second kappa shape index (κ2) is 8.88. The highest BCUT2D eigenvalue weighted by Crippen LogP contribution is 2.29. The van der Waals surface area contributed by atoms with Crippen molar-refractivity contribution in [1.29, 1.82) is 0 Å². The van der Waals surface area contributed by atoms with Crippen molar-refractivity contribution in [3.63, 3.8) is 0 Å². The van der Waals surface area contributed by atoms with Crippen LogP contribution in [-0.2, 0) is 10.0 Å². The molecule has 0 amide bonds. The largest absolute Gasteiger partial charge is 0.497 e. The highest BCUT2D eigenvalue weighted by Gasteiger charge is 2.23. The summed E-state index contributed by atoms with van der Waals surface area (Å²) in [7, 11) is -0.545. The SMILES string of the molecule is COc1ccc([C@@H](CC(C)C)NS(=O)(=O)c2ccc(OC)c(Br)c2)cc1. The molecule has 2 rings (SSSR count). The summed E-state index contributed by atoms with van der Waals surface area (Å²) in [6.45, 7) is 4.13. The Hall–Kier alpha value is -1.57. The predicted octanol–water partition coefficient (Wildman–Crippen LogP) is 4.53. The number of rotatable bonds is 8. The minimum atomic E-state index is -3.68. The van der Waals surface area contributed by atoms with Gasteiger partial charge in [-0.05, 0) is 64.2 Å². The molecule has 0 radical (unpaired) electrons. The molecule has 142 valence electrons. The van der Waals surface area contributed by atoms with Gasteiger partial charge in [0.1, 0.15) is 11.5 Å². The number of ether oxygens (including phenoxy) is 2. The lowest BCUT2D eigenvalue weighted by Gasteiger charge is -2.21. The molecule has 2 aromatic rings. The third kappa shape index (κ3) is 5.22. The zero-order valence-electron chi connectivity index (χ0n) is 15.3. The standard InChI is InChI=1S/C19H24BrNO4S/c1-13(2)11-18(14-5-7-15(24-3)8-6-14)21-26(22,23)16-9-10-19(25-4)17(20)12-16/h5-10,12-13,18,21H,11H2,1-4H3/t18-/m1/s1. The number of methoxy groups -OCH3 is 2. The molecule has 0 bridgehead atoms. The van der Waals surface area contributed by atoms with Gasteiger partial charge in [0.05, 0.1) is 23.6 Å². The van der Waals surface area contributed by atoms with Gasteiger partial charge in [-0.15, -0.1) is 0 Å². The fraction of sp³-hybridized carbons (Fsp3) is 0.368. The van der Waals surface area contributed by atoms with Gasteiger partial charge in [0.25, 0.3) is 0 Å². The molecule has 26 heavy (non-hydrogen) atoms. The Kier molecular flexibility index (Phi) is 7.08. The Morgan fingerprint density at radius 3 is 2.19 bits per heavy atom. The molecule has 0 aliphatic rings. The van der Waals surface area contributed by atoms with E-state index in [-0.39, 0.29) is 10.9 Å². The molecule has 0 heterocycles. The van der Waals surface area contributed by atoms with Gasteiger partial charge in [0.15, 0.2) is 0 Å². The number of nitrogens with one attached hydrogen (secondary N) is 1. The Labute approximate surface area is 163 Å². The van der Waals surface area contributed by atoms with Crippen LogP contribution in [-0.4, -0.2) is 22.6 Å². The summed E-state index contributed by atoms with van der Waals surface area (Å²) in [5.74, 6) is 1.64. The van der Waals surface area contributed by atoms with Gasteiger partial charge in [0, 0.05) is 6.04 Å². The first-order valence-corrected chi connectivity index (χ1v) is 10.5. The average molecular weight is 442 g/mol. The van der Waals surface area contributed by atoms with Gasteiger partial charge in [-0.2, -0.15) is 0 Å². The summed E-state index contributed by atoms with van der Waals surface area (Å²) in [6, 6.07) is 11.8. The first kappa shape index (κ1) is 20.7. The third-order valence-electron chi connectivity index (χ3n) is 3.96. The van der Waals surface area contributed by atoms with E-state index in [1.165, 1.54) is 13.2 Å². The number of sulfonamides is 1. The highest BCUT2D eigenvalue weighted by molar-refractivity contribution is 9.10. The number of hydrogen-bond donors (Lipinski definition) is 1. The van der Waals surface area contributed by atoms with Crippen molar-refractivity contribution < 1.29 is 17.9 Å². The molecule has 0 aromatic heterocycles. The van der Waals surface area contributed by atoms with E-state index in [0.717, 1.165) is 11.3 Å². The average Bonchev–Trinajstić information content (AvgIpc) is 2.60. The van der Waals surface area contributed by atoms with Crippen molar-refractivity contribution in [2.45, 2.75) is 31.2 Å². The second-order valence-corrected chi connectivity index (χ2v) is 8.94. The van der Waals surface area contributed by atoms with Gasteiger partial charge in [0.2, 0.25) is 10.0 Å². The van der Waals surface area contributed by atoms with Crippen LogP contribution in [0.3, 0.4) is 0 Å². The maximum atomic E-state index is 12.9. The summed E-state index contributed by atoms with van der Waals surface area (Å²) in [5.41, 5.74) is 0.899. The third-order valence-corrected chi connectivity index (χ3v) is 6.05. The van der Waals surface area contributed by atoms with Crippen LogP contribution >= 0.6 is 15.9 Å². The quantitative estimate of drug-likeness (QED) is 0.653. The van der Waals surface area contributed by atoms with E-state index in [2.05, 4.69) is 34.5 Å². The summed E-state index contributed by atoms with van der Waals surface area (Å²) >= 11 is 3.34. The minimum Gasteiger partial charge on any atom is -0.497 e. The smallest absolute Gasteiger partial charge is 0.241 e. The first-order valence-electron chi connectivity index (χ1n) is 8.26. The van der Waals surface area contributed by atoms with Crippen LogP contribution in [0.15, 0.2) is 51.8 Å². The zero-order chi connectivity index (χ0) is 19.3. The van der Waals surface area contributed by atoms with Crippen molar-refractivity contribution >= 4 is 26.0 Å². The predicted molar refractivity (Wildman–Crippen MR) is 106 cm³/mol. The van der Waals surface area contributed by atoms with Crippen molar-refractivity contribution in [3.05, 3.63) is 52.5 Å². The van der Waals surface area contributed by atoms with Crippen LogP contribution in [0.2, 0.25) is 0 Å². The first-order chi connectivity index (χ1) is 12.3. The minimum absolute atomic E-state index is 0.187. The van der Waals surface area contributed by atoms with Crippen LogP contribution < -0.4 is 14.2 Å². The molecule has 5 nitrogen and oxygen atoms in total. The molecule has 0 aliphatic carbocycles. The lowest BCUT2D eigenvalue weighted by atomic mass is 9.98. The number of benzene rings is 2.